The molecule has 110 valence electrons. The molecule has 3 N–H and O–H groups in total. The van der Waals surface area contributed by atoms with Gasteiger partial charge in [0.05, 0.1) is 9.85 Å². The highest BCUT2D eigenvalue weighted by Gasteiger charge is 2.26. The van der Waals surface area contributed by atoms with E-state index in [4.69, 9.17) is 5.73 Å². The van der Waals surface area contributed by atoms with E-state index >= 15 is 0 Å². The van der Waals surface area contributed by atoms with Crippen molar-refractivity contribution in [2.75, 3.05) is 0 Å². The number of nitrogens with zero attached hydrogens (tertiary/aromatic N) is 2. The van der Waals surface area contributed by atoms with Gasteiger partial charge < -0.3 is 10.8 Å². The maximum atomic E-state index is 10.8. The number of hydrogen-bond donors (Lipinski definition) is 2. The molecule has 0 unspecified atom stereocenters. The van der Waals surface area contributed by atoms with Crippen molar-refractivity contribution in [2.45, 2.75) is 32.7 Å². The van der Waals surface area contributed by atoms with Crippen LogP contribution < -0.4 is 5.73 Å². The largest absolute Gasteiger partial charge is 0.497 e. The fraction of sp³-hybridized carbons (Fsp3) is 0.500. The maximum absolute atomic E-state index is 10.8. The summed E-state index contributed by atoms with van der Waals surface area (Å²) < 4.78 is 0. The highest BCUT2D eigenvalue weighted by atomic mass is 16.6. The Morgan fingerprint density at radius 3 is 2.00 bits per heavy atom. The number of phenolic OH excluding ortho intramolecular Hbond substituents is 1. The van der Waals surface area contributed by atoms with Gasteiger partial charge in [-0.25, -0.2) is 0 Å². The molecule has 8 heteroatoms. The van der Waals surface area contributed by atoms with Crippen LogP contribution in [-0.4, -0.2) is 21.0 Å². The summed E-state index contributed by atoms with van der Waals surface area (Å²) in [4.78, 5) is 19.9. The van der Waals surface area contributed by atoms with E-state index in [0.29, 0.717) is 17.9 Å². The second kappa shape index (κ2) is 6.29. The van der Waals surface area contributed by atoms with Crippen molar-refractivity contribution in [3.05, 3.63) is 37.9 Å². The highest BCUT2D eigenvalue weighted by Crippen LogP contribution is 2.37. The molecule has 0 saturated heterocycles. The third kappa shape index (κ3) is 3.89. The zero-order chi connectivity index (χ0) is 15.4. The van der Waals surface area contributed by atoms with Gasteiger partial charge in [-0.1, -0.05) is 13.8 Å². The lowest BCUT2D eigenvalue weighted by molar-refractivity contribution is -0.396. The van der Waals surface area contributed by atoms with Gasteiger partial charge in [0, 0.05) is 18.2 Å². The molecule has 0 heterocycles. The summed E-state index contributed by atoms with van der Waals surface area (Å²) in [7, 11) is 0. The van der Waals surface area contributed by atoms with Gasteiger partial charge in [0.15, 0.2) is 0 Å². The van der Waals surface area contributed by atoms with Gasteiger partial charge in [-0.2, -0.15) is 0 Å². The summed E-state index contributed by atoms with van der Waals surface area (Å²) >= 11 is 0. The molecule has 0 radical (unpaired) electrons. The first-order valence-corrected chi connectivity index (χ1v) is 6.12. The Morgan fingerprint density at radius 1 is 1.20 bits per heavy atom. The first kappa shape index (κ1) is 15.8. The topological polar surface area (TPSA) is 133 Å². The normalized spacial score (nSPS) is 12.4. The Labute approximate surface area is 115 Å². The third-order valence-electron chi connectivity index (χ3n) is 2.79. The summed E-state index contributed by atoms with van der Waals surface area (Å²) in [5, 5.41) is 31.1. The van der Waals surface area contributed by atoms with Crippen LogP contribution in [0.5, 0.6) is 5.75 Å². The molecule has 0 fully saturated rings. The number of rotatable bonds is 6. The van der Waals surface area contributed by atoms with Crippen molar-refractivity contribution in [1.29, 1.82) is 0 Å². The first-order chi connectivity index (χ1) is 9.22. The number of nitro benzene ring substituents is 2. The molecule has 8 nitrogen and oxygen atoms in total. The standard InChI is InChI=1S/C12H17N3O5/c1-7(2)3-9(13)4-8-5-10(14(17)18)12(16)11(6-8)15(19)20/h5-7,9,16H,3-4,13H2,1-2H3/t9-/m1/s1. The minimum atomic E-state index is -0.929. The molecule has 0 amide bonds. The summed E-state index contributed by atoms with van der Waals surface area (Å²) in [5.41, 5.74) is 4.91. The second-order valence-corrected chi connectivity index (χ2v) is 5.09. The van der Waals surface area contributed by atoms with E-state index in [1.165, 1.54) is 0 Å². The van der Waals surface area contributed by atoms with Crippen LogP contribution in [0.25, 0.3) is 0 Å². The Kier molecular flexibility index (Phi) is 4.98. The van der Waals surface area contributed by atoms with E-state index in [1.54, 1.807) is 0 Å². The van der Waals surface area contributed by atoms with E-state index in [9.17, 15) is 25.3 Å². The molecule has 1 atom stereocenters. The zero-order valence-corrected chi connectivity index (χ0v) is 11.3. The third-order valence-corrected chi connectivity index (χ3v) is 2.79. The molecule has 0 saturated carbocycles. The van der Waals surface area contributed by atoms with Crippen LogP contribution in [0.4, 0.5) is 11.4 Å². The van der Waals surface area contributed by atoms with Crippen molar-refractivity contribution in [1.82, 2.24) is 0 Å². The van der Waals surface area contributed by atoms with E-state index in [0.717, 1.165) is 12.1 Å². The fourth-order valence-electron chi connectivity index (χ4n) is 2.05. The van der Waals surface area contributed by atoms with Crippen molar-refractivity contribution in [2.24, 2.45) is 11.7 Å². The molecular weight excluding hydrogens is 266 g/mol. The second-order valence-electron chi connectivity index (χ2n) is 5.09. The molecule has 1 aromatic rings. The average molecular weight is 283 g/mol. The van der Waals surface area contributed by atoms with Gasteiger partial charge in [-0.05, 0) is 24.3 Å². The Balaban J connectivity index is 3.14. The van der Waals surface area contributed by atoms with Crippen molar-refractivity contribution < 1.29 is 15.0 Å². The SMILES string of the molecule is CC(C)C[C@@H](N)Cc1cc([N+](=O)[O-])c(O)c([N+](=O)[O-])c1. The van der Waals surface area contributed by atoms with Crippen LogP contribution in [0, 0.1) is 26.1 Å². The lowest BCUT2D eigenvalue weighted by atomic mass is 9.97. The quantitative estimate of drug-likeness (QED) is 0.606. The lowest BCUT2D eigenvalue weighted by Gasteiger charge is -2.14. The summed E-state index contributed by atoms with van der Waals surface area (Å²) in [6.45, 7) is 3.98. The van der Waals surface area contributed by atoms with Gasteiger partial charge >= 0.3 is 11.4 Å². The summed E-state index contributed by atoms with van der Waals surface area (Å²) in [6, 6.07) is 2.00. The average Bonchev–Trinajstić information content (AvgIpc) is 2.29. The molecule has 1 aromatic carbocycles. The number of aromatic hydroxyl groups is 1. The molecule has 0 bridgehead atoms. The Bertz CT molecular complexity index is 495. The monoisotopic (exact) mass is 283 g/mol. The highest BCUT2D eigenvalue weighted by molar-refractivity contribution is 5.61. The van der Waals surface area contributed by atoms with Crippen LogP contribution in [-0.2, 0) is 6.42 Å². The van der Waals surface area contributed by atoms with Gasteiger partial charge in [-0.15, -0.1) is 0 Å². The fourth-order valence-corrected chi connectivity index (χ4v) is 2.05. The van der Waals surface area contributed by atoms with Crippen LogP contribution in [0.3, 0.4) is 0 Å². The Hall–Kier alpha value is -2.22. The number of nitro groups is 2. The molecule has 20 heavy (non-hydrogen) atoms. The van der Waals surface area contributed by atoms with Crippen LogP contribution in [0.15, 0.2) is 12.1 Å². The van der Waals surface area contributed by atoms with Crippen molar-refractivity contribution in [3.63, 3.8) is 0 Å². The molecule has 0 aliphatic carbocycles. The van der Waals surface area contributed by atoms with Crippen molar-refractivity contribution in [3.8, 4) is 5.75 Å². The maximum Gasteiger partial charge on any atom is 0.318 e. The van der Waals surface area contributed by atoms with E-state index < -0.39 is 27.0 Å². The molecule has 0 aliphatic rings. The molecular formula is C12H17N3O5. The predicted octanol–water partition coefficient (Wildman–Crippen LogP) is 2.12. The number of nitrogens with two attached hydrogens (primary N) is 1. The van der Waals surface area contributed by atoms with E-state index in [2.05, 4.69) is 0 Å². The zero-order valence-electron chi connectivity index (χ0n) is 11.3. The molecule has 1 rings (SSSR count). The van der Waals surface area contributed by atoms with Crippen molar-refractivity contribution >= 4 is 11.4 Å². The van der Waals surface area contributed by atoms with Gasteiger partial charge in [0.25, 0.3) is 5.75 Å². The van der Waals surface area contributed by atoms with E-state index in [1.807, 2.05) is 13.8 Å². The first-order valence-electron chi connectivity index (χ1n) is 6.12. The molecule has 0 aliphatic heterocycles. The minimum absolute atomic E-state index is 0.251. The summed E-state index contributed by atoms with van der Waals surface area (Å²) in [6.07, 6.45) is 0.975. The number of phenols is 1. The van der Waals surface area contributed by atoms with Gasteiger partial charge in [-0.3, -0.25) is 20.2 Å². The van der Waals surface area contributed by atoms with Crippen LogP contribution in [0.2, 0.25) is 0 Å². The summed E-state index contributed by atoms with van der Waals surface area (Å²) in [5.74, 6) is -0.576. The van der Waals surface area contributed by atoms with Gasteiger partial charge in [0.2, 0.25) is 0 Å². The minimum Gasteiger partial charge on any atom is -0.497 e. The number of hydrogen-bond acceptors (Lipinski definition) is 6. The smallest absolute Gasteiger partial charge is 0.318 e. The van der Waals surface area contributed by atoms with Crippen LogP contribution >= 0.6 is 0 Å². The van der Waals surface area contributed by atoms with E-state index in [-0.39, 0.29) is 12.5 Å². The van der Waals surface area contributed by atoms with Gasteiger partial charge in [0.1, 0.15) is 0 Å². The van der Waals surface area contributed by atoms with Crippen LogP contribution in [0.1, 0.15) is 25.8 Å². The Morgan fingerprint density at radius 2 is 1.65 bits per heavy atom. The predicted molar refractivity (Wildman–Crippen MR) is 72.6 cm³/mol. The molecule has 0 spiro atoms. The number of benzene rings is 1. The lowest BCUT2D eigenvalue weighted by Crippen LogP contribution is -2.24. The molecule has 0 aromatic heterocycles.